The van der Waals surface area contributed by atoms with Gasteiger partial charge >= 0.3 is 0 Å². The molecule has 1 aliphatic carbocycles. The highest BCUT2D eigenvalue weighted by molar-refractivity contribution is 7.92. The normalized spacial score (nSPS) is 24.8. The summed E-state index contributed by atoms with van der Waals surface area (Å²) < 4.78 is 23.0. The van der Waals surface area contributed by atoms with Gasteiger partial charge in [0.2, 0.25) is 5.91 Å². The van der Waals surface area contributed by atoms with Gasteiger partial charge in [-0.25, -0.2) is 8.42 Å². The minimum Gasteiger partial charge on any atom is -0.319 e. The van der Waals surface area contributed by atoms with E-state index in [-0.39, 0.29) is 18.6 Å². The molecule has 5 nitrogen and oxygen atoms in total. The third kappa shape index (κ3) is 2.41. The maximum Gasteiger partial charge on any atom is 0.244 e. The SMILES string of the molecule is CC(C)(CN1C(=O)C2(CC2)NC1c1cccs1)S(C)(=O)=O. The number of amides is 1. The van der Waals surface area contributed by atoms with Gasteiger partial charge in [-0.2, -0.15) is 0 Å². The summed E-state index contributed by atoms with van der Waals surface area (Å²) in [5.41, 5.74) is -0.442. The number of sulfone groups is 1. The second kappa shape index (κ2) is 4.54. The van der Waals surface area contributed by atoms with Crippen molar-refractivity contribution in [1.29, 1.82) is 0 Å². The third-order valence-electron chi connectivity index (χ3n) is 4.51. The monoisotopic (exact) mass is 328 g/mol. The summed E-state index contributed by atoms with van der Waals surface area (Å²) in [6.45, 7) is 3.57. The zero-order valence-corrected chi connectivity index (χ0v) is 14.1. The van der Waals surface area contributed by atoms with Crippen molar-refractivity contribution < 1.29 is 13.2 Å². The van der Waals surface area contributed by atoms with E-state index in [0.717, 1.165) is 17.7 Å². The molecular weight excluding hydrogens is 308 g/mol. The number of carbonyl (C=O) groups is 1. The van der Waals surface area contributed by atoms with E-state index in [4.69, 9.17) is 0 Å². The van der Waals surface area contributed by atoms with Crippen molar-refractivity contribution in [3.63, 3.8) is 0 Å². The van der Waals surface area contributed by atoms with Crippen LogP contribution in [0.1, 0.15) is 37.7 Å². The molecule has 2 fully saturated rings. The first-order valence-corrected chi connectivity index (χ1v) is 9.75. The van der Waals surface area contributed by atoms with Crippen molar-refractivity contribution in [2.24, 2.45) is 0 Å². The summed E-state index contributed by atoms with van der Waals surface area (Å²) in [6, 6.07) is 3.93. The molecule has 2 heterocycles. The van der Waals surface area contributed by atoms with Crippen LogP contribution in [0, 0.1) is 0 Å². The summed E-state index contributed by atoms with van der Waals surface area (Å²) in [5, 5.41) is 5.38. The standard InChI is InChI=1S/C14H20N2O3S2/c1-13(2,21(3,18)19)9-16-11(10-5-4-8-20-10)15-14(6-7-14)12(16)17/h4-5,8,11,15H,6-7,9H2,1-3H3. The average Bonchev–Trinajstić information content (AvgIpc) is 2.85. The highest BCUT2D eigenvalue weighted by atomic mass is 32.2. The number of nitrogens with one attached hydrogen (secondary N) is 1. The van der Waals surface area contributed by atoms with Gasteiger partial charge in [0.25, 0.3) is 0 Å². The van der Waals surface area contributed by atoms with Crippen molar-refractivity contribution in [2.45, 2.75) is 43.1 Å². The molecule has 1 aromatic rings. The molecule has 1 spiro atoms. The van der Waals surface area contributed by atoms with E-state index in [1.54, 1.807) is 30.1 Å². The zero-order valence-electron chi connectivity index (χ0n) is 12.4. The fourth-order valence-electron chi connectivity index (χ4n) is 2.64. The molecule has 1 aromatic heterocycles. The number of carbonyl (C=O) groups excluding carboxylic acids is 1. The van der Waals surface area contributed by atoms with E-state index in [0.29, 0.717) is 0 Å². The summed E-state index contributed by atoms with van der Waals surface area (Å²) >= 11 is 1.58. The predicted molar refractivity (Wildman–Crippen MR) is 82.8 cm³/mol. The zero-order chi connectivity index (χ0) is 15.5. The van der Waals surface area contributed by atoms with Crippen LogP contribution in [0.25, 0.3) is 0 Å². The second-order valence-electron chi connectivity index (χ2n) is 6.61. The molecule has 1 amide bonds. The minimum atomic E-state index is -3.24. The molecule has 7 heteroatoms. The van der Waals surface area contributed by atoms with Crippen LogP contribution in [0.15, 0.2) is 17.5 Å². The van der Waals surface area contributed by atoms with Crippen LogP contribution in [0.5, 0.6) is 0 Å². The Balaban J connectivity index is 1.92. The molecule has 1 aliphatic heterocycles. The summed E-state index contributed by atoms with van der Waals surface area (Å²) in [4.78, 5) is 15.4. The Morgan fingerprint density at radius 2 is 2.14 bits per heavy atom. The molecule has 1 N–H and O–H groups in total. The highest BCUT2D eigenvalue weighted by Gasteiger charge is 2.60. The third-order valence-corrected chi connectivity index (χ3v) is 7.57. The van der Waals surface area contributed by atoms with Crippen LogP contribution in [-0.4, -0.2) is 42.3 Å². The maximum atomic E-state index is 12.7. The van der Waals surface area contributed by atoms with Gasteiger partial charge in [0.05, 0.1) is 4.75 Å². The molecule has 0 aromatic carbocycles. The minimum absolute atomic E-state index is 0.0395. The number of hydrogen-bond donors (Lipinski definition) is 1. The maximum absolute atomic E-state index is 12.7. The van der Waals surface area contributed by atoms with Crippen LogP contribution in [0.4, 0.5) is 0 Å². The van der Waals surface area contributed by atoms with Gasteiger partial charge in [0, 0.05) is 17.7 Å². The summed E-state index contributed by atoms with van der Waals surface area (Å²) in [5.74, 6) is 0.0395. The Morgan fingerprint density at radius 3 is 2.62 bits per heavy atom. The molecular formula is C14H20N2O3S2. The van der Waals surface area contributed by atoms with Gasteiger partial charge in [-0.1, -0.05) is 6.07 Å². The van der Waals surface area contributed by atoms with Gasteiger partial charge in [-0.15, -0.1) is 11.3 Å². The Bertz CT molecular complexity index is 660. The molecule has 21 heavy (non-hydrogen) atoms. The van der Waals surface area contributed by atoms with Gasteiger partial charge in [-0.3, -0.25) is 10.1 Å². The molecule has 1 unspecified atom stereocenters. The fourth-order valence-corrected chi connectivity index (χ4v) is 3.80. The number of nitrogens with zero attached hydrogens (tertiary/aromatic N) is 1. The molecule has 0 bridgehead atoms. The highest BCUT2D eigenvalue weighted by Crippen LogP contribution is 2.47. The lowest BCUT2D eigenvalue weighted by Crippen LogP contribution is -2.46. The van der Waals surface area contributed by atoms with Crippen LogP contribution >= 0.6 is 11.3 Å². The first-order valence-electron chi connectivity index (χ1n) is 6.98. The smallest absolute Gasteiger partial charge is 0.244 e. The van der Waals surface area contributed by atoms with Crippen LogP contribution < -0.4 is 5.32 Å². The first kappa shape index (κ1) is 15.0. The first-order chi connectivity index (χ1) is 9.66. The van der Waals surface area contributed by atoms with Crippen molar-refractivity contribution in [3.8, 4) is 0 Å². The summed E-state index contributed by atoms with van der Waals surface area (Å²) in [6.07, 6.45) is 2.70. The van der Waals surface area contributed by atoms with Crippen molar-refractivity contribution >= 4 is 27.1 Å². The lowest BCUT2D eigenvalue weighted by atomic mass is 10.1. The van der Waals surface area contributed by atoms with Crippen LogP contribution in [-0.2, 0) is 14.6 Å². The molecule has 1 saturated carbocycles. The lowest BCUT2D eigenvalue weighted by molar-refractivity contribution is -0.131. The van der Waals surface area contributed by atoms with Gasteiger partial charge < -0.3 is 4.90 Å². The van der Waals surface area contributed by atoms with E-state index in [2.05, 4.69) is 5.32 Å². The quantitative estimate of drug-likeness (QED) is 0.910. The van der Waals surface area contributed by atoms with Gasteiger partial charge in [0.1, 0.15) is 11.7 Å². The van der Waals surface area contributed by atoms with E-state index in [9.17, 15) is 13.2 Å². The van der Waals surface area contributed by atoms with E-state index < -0.39 is 20.1 Å². The van der Waals surface area contributed by atoms with E-state index in [1.165, 1.54) is 6.26 Å². The molecule has 1 atom stereocenters. The van der Waals surface area contributed by atoms with Crippen molar-refractivity contribution in [3.05, 3.63) is 22.4 Å². The molecule has 2 aliphatic rings. The molecule has 0 radical (unpaired) electrons. The average molecular weight is 328 g/mol. The Hall–Kier alpha value is -0.920. The topological polar surface area (TPSA) is 66.5 Å². The number of rotatable bonds is 4. The predicted octanol–water partition coefficient (Wildman–Crippen LogP) is 1.53. The Kier molecular flexibility index (Phi) is 3.24. The largest absolute Gasteiger partial charge is 0.319 e. The Morgan fingerprint density at radius 1 is 1.48 bits per heavy atom. The number of thiophene rings is 1. The van der Waals surface area contributed by atoms with Gasteiger partial charge in [-0.05, 0) is 38.1 Å². The van der Waals surface area contributed by atoms with E-state index in [1.807, 2.05) is 17.5 Å². The summed E-state index contributed by atoms with van der Waals surface area (Å²) in [7, 11) is -3.24. The fraction of sp³-hybridized carbons (Fsp3) is 0.643. The van der Waals surface area contributed by atoms with E-state index >= 15 is 0 Å². The van der Waals surface area contributed by atoms with Crippen LogP contribution in [0.3, 0.4) is 0 Å². The van der Waals surface area contributed by atoms with Gasteiger partial charge in [0.15, 0.2) is 9.84 Å². The molecule has 3 rings (SSSR count). The number of hydrogen-bond acceptors (Lipinski definition) is 5. The Labute approximate surface area is 129 Å². The molecule has 116 valence electrons. The van der Waals surface area contributed by atoms with Crippen molar-refractivity contribution in [1.82, 2.24) is 10.2 Å². The molecule has 1 saturated heterocycles. The lowest BCUT2D eigenvalue weighted by Gasteiger charge is -2.31. The van der Waals surface area contributed by atoms with Crippen LogP contribution in [0.2, 0.25) is 0 Å². The van der Waals surface area contributed by atoms with Crippen molar-refractivity contribution in [2.75, 3.05) is 12.8 Å². The second-order valence-corrected chi connectivity index (χ2v) is 10.2.